The molecule has 0 aromatic heterocycles. The van der Waals surface area contributed by atoms with Crippen molar-refractivity contribution >= 4 is 5.97 Å². The van der Waals surface area contributed by atoms with Crippen molar-refractivity contribution < 1.29 is 9.90 Å². The summed E-state index contributed by atoms with van der Waals surface area (Å²) in [5.74, 6) is 0.0618. The Hall–Kier alpha value is -0.570. The van der Waals surface area contributed by atoms with Gasteiger partial charge in [-0.25, -0.2) is 0 Å². The topological polar surface area (TPSA) is 40.5 Å². The molecule has 12 heavy (non-hydrogen) atoms. The predicted molar refractivity (Wildman–Crippen MR) is 47.1 cm³/mol. The van der Waals surface area contributed by atoms with Gasteiger partial charge in [-0.3, -0.25) is 9.69 Å². The first-order valence-electron chi connectivity index (χ1n) is 4.58. The zero-order chi connectivity index (χ0) is 9.14. The Kier molecular flexibility index (Phi) is 3.09. The van der Waals surface area contributed by atoms with Crippen molar-refractivity contribution in [2.75, 3.05) is 13.1 Å². The number of aliphatic carboxylic acids is 1. The molecule has 0 aromatic carbocycles. The Morgan fingerprint density at radius 1 is 1.50 bits per heavy atom. The van der Waals surface area contributed by atoms with Crippen molar-refractivity contribution in [2.45, 2.75) is 32.7 Å². The molecule has 70 valence electrons. The van der Waals surface area contributed by atoms with Crippen LogP contribution in [0.1, 0.15) is 26.7 Å². The third kappa shape index (κ3) is 2.21. The third-order valence-electron chi connectivity index (χ3n) is 2.72. The van der Waals surface area contributed by atoms with Crippen LogP contribution in [0.4, 0.5) is 0 Å². The molecular formula is C9H17NO2. The fourth-order valence-electron chi connectivity index (χ4n) is 1.57. The Bertz CT molecular complexity index is 162. The second kappa shape index (κ2) is 3.90. The normalized spacial score (nSPS) is 23.8. The monoisotopic (exact) mass is 171 g/mol. The van der Waals surface area contributed by atoms with Gasteiger partial charge in [0, 0.05) is 0 Å². The van der Waals surface area contributed by atoms with Crippen LogP contribution in [-0.2, 0) is 4.79 Å². The van der Waals surface area contributed by atoms with Gasteiger partial charge in [-0.15, -0.1) is 0 Å². The minimum Gasteiger partial charge on any atom is -0.480 e. The zero-order valence-electron chi connectivity index (χ0n) is 7.79. The Labute approximate surface area is 73.4 Å². The maximum atomic E-state index is 10.6. The minimum absolute atomic E-state index is 0.308. The molecule has 3 nitrogen and oxygen atoms in total. The van der Waals surface area contributed by atoms with Gasteiger partial charge in [0.25, 0.3) is 0 Å². The fourth-order valence-corrected chi connectivity index (χ4v) is 1.57. The summed E-state index contributed by atoms with van der Waals surface area (Å²) in [7, 11) is 0. The van der Waals surface area contributed by atoms with E-state index in [2.05, 4.69) is 6.92 Å². The van der Waals surface area contributed by atoms with Crippen LogP contribution in [0.25, 0.3) is 0 Å². The molecule has 1 saturated heterocycles. The molecule has 0 bridgehead atoms. The molecule has 0 aromatic rings. The number of likely N-dealkylation sites (tertiary alicyclic amines) is 1. The molecule has 0 aliphatic carbocycles. The smallest absolute Gasteiger partial charge is 0.320 e. The highest BCUT2D eigenvalue weighted by Gasteiger charge is 2.24. The van der Waals surface area contributed by atoms with Crippen molar-refractivity contribution in [2.24, 2.45) is 5.92 Å². The van der Waals surface area contributed by atoms with Gasteiger partial charge >= 0.3 is 5.97 Å². The van der Waals surface area contributed by atoms with E-state index in [9.17, 15) is 4.79 Å². The molecule has 0 spiro atoms. The largest absolute Gasteiger partial charge is 0.480 e. The van der Waals surface area contributed by atoms with Gasteiger partial charge < -0.3 is 5.11 Å². The highest BCUT2D eigenvalue weighted by atomic mass is 16.4. The second-order valence-electron chi connectivity index (χ2n) is 3.73. The number of carboxylic acids is 1. The Balaban J connectivity index is 2.39. The van der Waals surface area contributed by atoms with Crippen LogP contribution in [0.5, 0.6) is 0 Å². The number of carbonyl (C=O) groups is 1. The van der Waals surface area contributed by atoms with Crippen molar-refractivity contribution in [1.29, 1.82) is 0 Å². The number of carboxylic acid groups (broad SMARTS) is 1. The predicted octanol–water partition coefficient (Wildman–Crippen LogP) is 1.19. The molecule has 0 saturated carbocycles. The molecule has 0 unspecified atom stereocenters. The fraction of sp³-hybridized carbons (Fsp3) is 0.889. The summed E-state index contributed by atoms with van der Waals surface area (Å²) in [6.45, 7) is 5.87. The molecule has 1 aliphatic heterocycles. The van der Waals surface area contributed by atoms with E-state index in [0.717, 1.165) is 31.8 Å². The maximum Gasteiger partial charge on any atom is 0.320 e. The number of hydrogen-bond donors (Lipinski definition) is 1. The molecule has 1 heterocycles. The molecule has 1 aliphatic rings. The zero-order valence-corrected chi connectivity index (χ0v) is 7.79. The highest BCUT2D eigenvalue weighted by molar-refractivity contribution is 5.72. The first-order valence-corrected chi connectivity index (χ1v) is 4.58. The number of nitrogens with zero attached hydrogens (tertiary/aromatic N) is 1. The Morgan fingerprint density at radius 3 is 2.42 bits per heavy atom. The van der Waals surface area contributed by atoms with E-state index in [1.807, 2.05) is 4.90 Å². The van der Waals surface area contributed by atoms with Crippen molar-refractivity contribution in [3.63, 3.8) is 0 Å². The lowest BCUT2D eigenvalue weighted by Gasteiger charge is -2.32. The quantitative estimate of drug-likeness (QED) is 0.678. The van der Waals surface area contributed by atoms with Crippen molar-refractivity contribution in [3.8, 4) is 0 Å². The first kappa shape index (κ1) is 9.52. The lowest BCUT2D eigenvalue weighted by Crippen LogP contribution is -2.43. The summed E-state index contributed by atoms with van der Waals surface area (Å²) in [4.78, 5) is 12.7. The lowest BCUT2D eigenvalue weighted by atomic mass is 9.98. The molecular weight excluding hydrogens is 154 g/mol. The average Bonchev–Trinajstić information content (AvgIpc) is 2.04. The van der Waals surface area contributed by atoms with Crippen LogP contribution in [0.15, 0.2) is 0 Å². The summed E-state index contributed by atoms with van der Waals surface area (Å²) >= 11 is 0. The molecule has 0 amide bonds. The highest BCUT2D eigenvalue weighted by Crippen LogP contribution is 2.17. The van der Waals surface area contributed by atoms with Crippen LogP contribution in [0.3, 0.4) is 0 Å². The number of hydrogen-bond acceptors (Lipinski definition) is 2. The van der Waals surface area contributed by atoms with Crippen LogP contribution in [0.2, 0.25) is 0 Å². The van der Waals surface area contributed by atoms with Gasteiger partial charge in [-0.1, -0.05) is 6.92 Å². The maximum absolute atomic E-state index is 10.6. The van der Waals surface area contributed by atoms with E-state index in [1.165, 1.54) is 0 Å². The number of rotatable bonds is 2. The summed E-state index contributed by atoms with van der Waals surface area (Å²) < 4.78 is 0. The van der Waals surface area contributed by atoms with Crippen LogP contribution < -0.4 is 0 Å². The second-order valence-corrected chi connectivity index (χ2v) is 3.73. The molecule has 1 N–H and O–H groups in total. The van der Waals surface area contributed by atoms with Gasteiger partial charge in [0.2, 0.25) is 0 Å². The summed E-state index contributed by atoms with van der Waals surface area (Å²) in [5, 5.41) is 8.76. The van der Waals surface area contributed by atoms with Gasteiger partial charge in [-0.2, -0.15) is 0 Å². The summed E-state index contributed by atoms with van der Waals surface area (Å²) in [6.07, 6.45) is 2.27. The molecule has 1 rings (SSSR count). The number of piperidine rings is 1. The van der Waals surface area contributed by atoms with Gasteiger partial charge in [0.1, 0.15) is 6.04 Å². The first-order chi connectivity index (χ1) is 5.61. The standard InChI is InChI=1S/C9H17NO2/c1-7-3-5-10(6-4-7)8(2)9(11)12/h7-8H,3-6H2,1-2H3,(H,11,12)/t8-/m0/s1. The van der Waals surface area contributed by atoms with Crippen molar-refractivity contribution in [3.05, 3.63) is 0 Å². The molecule has 3 heteroatoms. The van der Waals surface area contributed by atoms with Gasteiger partial charge in [0.15, 0.2) is 0 Å². The van der Waals surface area contributed by atoms with E-state index >= 15 is 0 Å². The lowest BCUT2D eigenvalue weighted by molar-refractivity contribution is -0.143. The minimum atomic E-state index is -0.704. The summed E-state index contributed by atoms with van der Waals surface area (Å²) in [5.41, 5.74) is 0. The van der Waals surface area contributed by atoms with E-state index in [1.54, 1.807) is 6.92 Å². The average molecular weight is 171 g/mol. The van der Waals surface area contributed by atoms with E-state index < -0.39 is 5.97 Å². The Morgan fingerprint density at radius 2 is 2.00 bits per heavy atom. The van der Waals surface area contributed by atoms with Gasteiger partial charge in [0.05, 0.1) is 0 Å². The van der Waals surface area contributed by atoms with Crippen LogP contribution >= 0.6 is 0 Å². The van der Waals surface area contributed by atoms with E-state index in [4.69, 9.17) is 5.11 Å². The van der Waals surface area contributed by atoms with Gasteiger partial charge in [-0.05, 0) is 38.8 Å². The molecule has 1 fully saturated rings. The van der Waals surface area contributed by atoms with Crippen LogP contribution in [0, 0.1) is 5.92 Å². The summed E-state index contributed by atoms with van der Waals surface area (Å²) in [6, 6.07) is -0.308. The van der Waals surface area contributed by atoms with Crippen LogP contribution in [-0.4, -0.2) is 35.1 Å². The van der Waals surface area contributed by atoms with E-state index in [0.29, 0.717) is 0 Å². The third-order valence-corrected chi connectivity index (χ3v) is 2.72. The molecule has 1 atom stereocenters. The van der Waals surface area contributed by atoms with E-state index in [-0.39, 0.29) is 6.04 Å². The van der Waals surface area contributed by atoms with Crippen molar-refractivity contribution in [1.82, 2.24) is 4.90 Å². The molecule has 0 radical (unpaired) electrons. The SMILES string of the molecule is CC1CCN([C@@H](C)C(=O)O)CC1.